The van der Waals surface area contributed by atoms with Crippen molar-refractivity contribution in [3.63, 3.8) is 0 Å². The van der Waals surface area contributed by atoms with E-state index in [4.69, 9.17) is 4.74 Å². The third kappa shape index (κ3) is 2.88. The van der Waals surface area contributed by atoms with Crippen LogP contribution in [0, 0.1) is 11.8 Å². The average molecular weight is 226 g/mol. The molecule has 92 valence electrons. The van der Waals surface area contributed by atoms with Gasteiger partial charge in [-0.05, 0) is 51.9 Å². The van der Waals surface area contributed by atoms with Crippen molar-refractivity contribution in [3.05, 3.63) is 0 Å². The summed E-state index contributed by atoms with van der Waals surface area (Å²) in [5.41, 5.74) is 5.34. The second kappa shape index (κ2) is 4.24. The van der Waals surface area contributed by atoms with Gasteiger partial charge in [0.1, 0.15) is 5.60 Å². The zero-order valence-electron chi connectivity index (χ0n) is 10.4. The molecule has 0 radical (unpaired) electrons. The lowest BCUT2D eigenvalue weighted by Crippen LogP contribution is -2.48. The lowest BCUT2D eigenvalue weighted by atomic mass is 9.96. The van der Waals surface area contributed by atoms with Crippen LogP contribution >= 0.6 is 0 Å². The molecule has 1 amide bonds. The van der Waals surface area contributed by atoms with Crippen LogP contribution in [-0.4, -0.2) is 17.7 Å². The lowest BCUT2D eigenvalue weighted by Gasteiger charge is -2.25. The van der Waals surface area contributed by atoms with E-state index in [0.29, 0.717) is 6.04 Å². The Kier molecular flexibility index (Phi) is 3.10. The molecule has 0 aromatic rings. The molecule has 2 saturated carbocycles. The van der Waals surface area contributed by atoms with Gasteiger partial charge in [0.05, 0.1) is 0 Å². The predicted molar refractivity (Wildman–Crippen MR) is 61.7 cm³/mol. The second-order valence-electron chi connectivity index (χ2n) is 6.05. The molecule has 3 unspecified atom stereocenters. The summed E-state index contributed by atoms with van der Waals surface area (Å²) in [6, 6.07) is 0.450. The highest BCUT2D eigenvalue weighted by Crippen LogP contribution is 2.44. The maximum absolute atomic E-state index is 11.4. The van der Waals surface area contributed by atoms with Crippen molar-refractivity contribution in [2.24, 2.45) is 11.8 Å². The first-order chi connectivity index (χ1) is 7.44. The van der Waals surface area contributed by atoms with Crippen LogP contribution in [0.3, 0.4) is 0 Å². The van der Waals surface area contributed by atoms with Crippen LogP contribution in [-0.2, 0) is 4.74 Å². The molecule has 0 aliphatic heterocycles. The molecule has 2 N–H and O–H groups in total. The van der Waals surface area contributed by atoms with Gasteiger partial charge in [0.2, 0.25) is 0 Å². The first-order valence-electron chi connectivity index (χ1n) is 6.18. The van der Waals surface area contributed by atoms with E-state index < -0.39 is 5.60 Å². The first kappa shape index (κ1) is 11.7. The summed E-state index contributed by atoms with van der Waals surface area (Å²) in [6.45, 7) is 5.60. The predicted octanol–water partition coefficient (Wildman–Crippen LogP) is 2.20. The largest absolute Gasteiger partial charge is 0.443 e. The van der Waals surface area contributed by atoms with Crippen molar-refractivity contribution < 1.29 is 9.53 Å². The summed E-state index contributed by atoms with van der Waals surface area (Å²) in [5, 5.41) is 0. The van der Waals surface area contributed by atoms with Gasteiger partial charge in [-0.3, -0.25) is 5.43 Å². The zero-order chi connectivity index (χ0) is 11.8. The van der Waals surface area contributed by atoms with Crippen molar-refractivity contribution in [2.75, 3.05) is 0 Å². The summed E-state index contributed by atoms with van der Waals surface area (Å²) >= 11 is 0. The van der Waals surface area contributed by atoms with Crippen molar-refractivity contribution >= 4 is 6.09 Å². The summed E-state index contributed by atoms with van der Waals surface area (Å²) in [7, 11) is 0. The second-order valence-corrected chi connectivity index (χ2v) is 6.05. The van der Waals surface area contributed by atoms with Crippen LogP contribution in [0.5, 0.6) is 0 Å². The standard InChI is InChI=1S/C12H22N2O2/c1-12(2,3)16-11(15)14-13-10-7-8-4-5-9(10)6-8/h8-10,13H,4-7H2,1-3H3,(H,14,15). The van der Waals surface area contributed by atoms with E-state index in [1.54, 1.807) is 0 Å². The van der Waals surface area contributed by atoms with E-state index in [2.05, 4.69) is 10.9 Å². The molecule has 0 saturated heterocycles. The quantitative estimate of drug-likeness (QED) is 0.710. The van der Waals surface area contributed by atoms with E-state index in [1.807, 2.05) is 20.8 Å². The number of rotatable bonds is 2. The smallest absolute Gasteiger partial charge is 0.422 e. The molecular formula is C12H22N2O2. The lowest BCUT2D eigenvalue weighted by molar-refractivity contribution is 0.0480. The molecule has 2 aliphatic carbocycles. The number of hydrogen-bond donors (Lipinski definition) is 2. The fraction of sp³-hybridized carbons (Fsp3) is 0.917. The van der Waals surface area contributed by atoms with Gasteiger partial charge in [-0.15, -0.1) is 0 Å². The van der Waals surface area contributed by atoms with Crippen LogP contribution in [0.1, 0.15) is 46.5 Å². The number of amides is 1. The highest BCUT2D eigenvalue weighted by atomic mass is 16.6. The third-order valence-electron chi connectivity index (χ3n) is 3.50. The van der Waals surface area contributed by atoms with Gasteiger partial charge in [0.15, 0.2) is 0 Å². The summed E-state index contributed by atoms with van der Waals surface area (Å²) in [6.07, 6.45) is 4.82. The maximum Gasteiger partial charge on any atom is 0.422 e. The van der Waals surface area contributed by atoms with E-state index in [-0.39, 0.29) is 6.09 Å². The molecule has 0 aromatic carbocycles. The Morgan fingerprint density at radius 2 is 2.00 bits per heavy atom. The number of carbonyl (C=O) groups is 1. The molecule has 4 nitrogen and oxygen atoms in total. The Labute approximate surface area is 97.1 Å². The molecule has 0 spiro atoms. The van der Waals surface area contributed by atoms with E-state index >= 15 is 0 Å². The van der Waals surface area contributed by atoms with Crippen LogP contribution in [0.4, 0.5) is 4.79 Å². The average Bonchev–Trinajstić information content (AvgIpc) is 2.72. The minimum Gasteiger partial charge on any atom is -0.443 e. The Morgan fingerprint density at radius 1 is 1.25 bits per heavy atom. The zero-order valence-corrected chi connectivity index (χ0v) is 10.4. The molecule has 3 atom stereocenters. The van der Waals surface area contributed by atoms with Crippen molar-refractivity contribution in [1.29, 1.82) is 0 Å². The molecule has 0 aromatic heterocycles. The molecule has 16 heavy (non-hydrogen) atoms. The highest BCUT2D eigenvalue weighted by Gasteiger charge is 2.39. The van der Waals surface area contributed by atoms with Crippen molar-refractivity contribution in [3.8, 4) is 0 Å². The van der Waals surface area contributed by atoms with Crippen LogP contribution in [0.2, 0.25) is 0 Å². The van der Waals surface area contributed by atoms with E-state index in [0.717, 1.165) is 11.8 Å². The Balaban J connectivity index is 1.70. The SMILES string of the molecule is CC(C)(C)OC(=O)NNC1CC2CCC1C2. The van der Waals surface area contributed by atoms with Gasteiger partial charge in [0.25, 0.3) is 0 Å². The Bertz CT molecular complexity index is 273. The Morgan fingerprint density at radius 3 is 2.50 bits per heavy atom. The summed E-state index contributed by atoms with van der Waals surface area (Å²) < 4.78 is 5.17. The minimum atomic E-state index is -0.430. The third-order valence-corrected chi connectivity index (χ3v) is 3.50. The maximum atomic E-state index is 11.4. The van der Waals surface area contributed by atoms with Gasteiger partial charge in [-0.25, -0.2) is 10.2 Å². The molecule has 2 fully saturated rings. The molecule has 0 heterocycles. The number of hydrogen-bond acceptors (Lipinski definition) is 3. The number of nitrogens with one attached hydrogen (secondary N) is 2. The number of ether oxygens (including phenoxy) is 1. The first-order valence-corrected chi connectivity index (χ1v) is 6.18. The Hall–Kier alpha value is -0.770. The van der Waals surface area contributed by atoms with Gasteiger partial charge < -0.3 is 4.74 Å². The molecule has 4 heteroatoms. The molecule has 2 rings (SSSR count). The van der Waals surface area contributed by atoms with Crippen molar-refractivity contribution in [1.82, 2.24) is 10.9 Å². The van der Waals surface area contributed by atoms with Gasteiger partial charge in [-0.1, -0.05) is 6.42 Å². The molecular weight excluding hydrogens is 204 g/mol. The van der Waals surface area contributed by atoms with Crippen LogP contribution in [0.15, 0.2) is 0 Å². The monoisotopic (exact) mass is 226 g/mol. The summed E-state index contributed by atoms with van der Waals surface area (Å²) in [5.74, 6) is 1.63. The van der Waals surface area contributed by atoms with E-state index in [1.165, 1.54) is 25.7 Å². The van der Waals surface area contributed by atoms with Gasteiger partial charge >= 0.3 is 6.09 Å². The topological polar surface area (TPSA) is 50.4 Å². The number of fused-ring (bicyclic) bond motifs is 2. The van der Waals surface area contributed by atoms with Crippen LogP contribution in [0.25, 0.3) is 0 Å². The molecule has 2 aliphatic rings. The van der Waals surface area contributed by atoms with Gasteiger partial charge in [0, 0.05) is 6.04 Å². The fourth-order valence-electron chi connectivity index (χ4n) is 2.88. The number of hydrazine groups is 1. The van der Waals surface area contributed by atoms with Gasteiger partial charge in [-0.2, -0.15) is 0 Å². The van der Waals surface area contributed by atoms with E-state index in [9.17, 15) is 4.79 Å². The van der Waals surface area contributed by atoms with Crippen molar-refractivity contribution in [2.45, 2.75) is 58.1 Å². The minimum absolute atomic E-state index is 0.379. The van der Waals surface area contributed by atoms with Crippen LogP contribution < -0.4 is 10.9 Å². The fourth-order valence-corrected chi connectivity index (χ4v) is 2.88. The normalized spacial score (nSPS) is 32.8. The highest BCUT2D eigenvalue weighted by molar-refractivity contribution is 5.67. The number of carbonyl (C=O) groups excluding carboxylic acids is 1. The molecule has 2 bridgehead atoms. The summed E-state index contributed by atoms with van der Waals surface area (Å²) in [4.78, 5) is 11.4.